The van der Waals surface area contributed by atoms with Gasteiger partial charge in [0.05, 0.1) is 42.6 Å². The molecule has 0 aliphatic carbocycles. The van der Waals surface area contributed by atoms with Crippen molar-refractivity contribution in [2.45, 2.75) is 128 Å². The molecule has 3 atom stereocenters. The van der Waals surface area contributed by atoms with Crippen LogP contribution in [-0.4, -0.2) is 133 Å². The maximum Gasteiger partial charge on any atom is 0.516 e. The van der Waals surface area contributed by atoms with Crippen molar-refractivity contribution in [2.75, 3.05) is 38.8 Å². The Morgan fingerprint density at radius 1 is 0.805 bits per heavy atom. The Morgan fingerprint density at radius 2 is 1.35 bits per heavy atom. The van der Waals surface area contributed by atoms with Crippen LogP contribution in [0.15, 0.2) is 71.2 Å². The van der Waals surface area contributed by atoms with Gasteiger partial charge in [-0.1, -0.05) is 41.0 Å². The van der Waals surface area contributed by atoms with Crippen LogP contribution in [0.4, 0.5) is 14.7 Å². The molecule has 4 aromatic rings. The standard InChI is InChI=1S/C56H66ClN5O17S3/c1-52(2,3)76-47(67)55(10,11)79-60-42(38-29-80-49(58)59-38)39(63)24-36-44(65)62-30-56(82-46(36)62,48(68)75-51(70)78-54(7,8)9)81-23-22-61(50(69)77-53(4,5)6)45(66)43(64)35-25-40(73-27-31-14-18-33(71-12)19-15-31)41(26-37(35)57)74-28-32-16-20-34(72-13)21-17-32/h14-21,25-26,29,36,46H,22-24,27-28,30H2,1-13H3,(H2,58,59)/b60-42-/t36-,46-,56-/m1/s1. The largest absolute Gasteiger partial charge is 0.516 e. The number of ketones is 2. The fourth-order valence-electron chi connectivity index (χ4n) is 7.59. The molecule has 0 unspecified atom stereocenters. The normalized spacial score (nSPS) is 17.1. The summed E-state index contributed by atoms with van der Waals surface area (Å²) in [5.74, 6) is -5.83. The van der Waals surface area contributed by atoms with E-state index in [-0.39, 0.29) is 64.1 Å². The van der Waals surface area contributed by atoms with Crippen LogP contribution in [0, 0.1) is 5.92 Å². The zero-order valence-electron chi connectivity index (χ0n) is 47.7. The second-order valence-corrected chi connectivity index (χ2v) is 26.5. The molecule has 0 bridgehead atoms. The van der Waals surface area contributed by atoms with Gasteiger partial charge in [-0.15, -0.1) is 34.9 Å². The second-order valence-electron chi connectivity index (χ2n) is 22.1. The van der Waals surface area contributed by atoms with E-state index in [2.05, 4.69) is 10.1 Å². The quantitative estimate of drug-likeness (QED) is 0.0112. The first-order valence-electron chi connectivity index (χ1n) is 25.5. The van der Waals surface area contributed by atoms with Crippen LogP contribution in [0.1, 0.15) is 110 Å². The molecule has 3 amide bonds. The topological polar surface area (TPSA) is 277 Å². The van der Waals surface area contributed by atoms with E-state index in [4.69, 9.17) is 60.1 Å². The number of carbonyl (C=O) groups is 8. The van der Waals surface area contributed by atoms with Gasteiger partial charge in [-0.05, 0) is 118 Å². The van der Waals surface area contributed by atoms with E-state index in [1.165, 1.54) is 43.4 Å². The first-order valence-corrected chi connectivity index (χ1v) is 28.6. The molecule has 3 heterocycles. The third-order valence-corrected chi connectivity index (χ3v) is 15.9. The Bertz CT molecular complexity index is 3090. The summed E-state index contributed by atoms with van der Waals surface area (Å²) in [6, 6.07) is 16.7. The summed E-state index contributed by atoms with van der Waals surface area (Å²) < 4.78 is 42.6. The number of esters is 2. The fraction of sp³-hybridized carbons (Fsp3) is 0.464. The highest BCUT2D eigenvalue weighted by molar-refractivity contribution is 8.20. The van der Waals surface area contributed by atoms with E-state index in [0.717, 1.165) is 40.4 Å². The zero-order valence-corrected chi connectivity index (χ0v) is 50.9. The van der Waals surface area contributed by atoms with Crippen molar-refractivity contribution in [2.24, 2.45) is 11.1 Å². The summed E-state index contributed by atoms with van der Waals surface area (Å²) in [6.07, 6.45) is -3.06. The summed E-state index contributed by atoms with van der Waals surface area (Å²) in [7, 11) is 3.08. The molecule has 2 aliphatic heterocycles. The number of anilines is 1. The lowest BCUT2D eigenvalue weighted by atomic mass is 9.90. The van der Waals surface area contributed by atoms with Crippen LogP contribution < -0.4 is 24.7 Å². The molecule has 2 N–H and O–H groups in total. The Balaban J connectivity index is 1.27. The van der Waals surface area contributed by atoms with Crippen molar-refractivity contribution in [1.29, 1.82) is 0 Å². The molecular weight excluding hydrogens is 1150 g/mol. The number of hydrogen-bond acceptors (Lipinski definition) is 23. The molecule has 1 aromatic heterocycles. The number of benzene rings is 3. The highest BCUT2D eigenvalue weighted by Crippen LogP contribution is 2.56. The predicted octanol–water partition coefficient (Wildman–Crippen LogP) is 9.44. The second kappa shape index (κ2) is 26.0. The first-order chi connectivity index (χ1) is 38.2. The molecule has 3 aromatic carbocycles. The average molecular weight is 1210 g/mol. The summed E-state index contributed by atoms with van der Waals surface area (Å²) in [5.41, 5.74) is 1.86. The third-order valence-electron chi connectivity index (χ3n) is 11.6. The van der Waals surface area contributed by atoms with E-state index >= 15 is 0 Å². The number of halogens is 1. The van der Waals surface area contributed by atoms with Gasteiger partial charge in [0.25, 0.3) is 5.78 Å². The third kappa shape index (κ3) is 16.8. The molecular formula is C56H66ClN5O17S3. The molecule has 26 heteroatoms. The van der Waals surface area contributed by atoms with Gasteiger partial charge in [-0.3, -0.25) is 19.2 Å². The van der Waals surface area contributed by atoms with Crippen LogP contribution in [-0.2, 0) is 61.0 Å². The van der Waals surface area contributed by atoms with Gasteiger partial charge in [0, 0.05) is 30.2 Å². The Kier molecular flexibility index (Phi) is 20.3. The van der Waals surface area contributed by atoms with E-state index in [1.54, 1.807) is 118 Å². The number of carbonyl (C=O) groups excluding carboxylic acids is 8. The lowest BCUT2D eigenvalue weighted by Crippen LogP contribution is -2.57. The van der Waals surface area contributed by atoms with Gasteiger partial charge in [-0.25, -0.2) is 29.1 Å². The number of aromatic nitrogens is 1. The number of nitrogens with two attached hydrogens (primary N) is 1. The van der Waals surface area contributed by atoms with E-state index in [9.17, 15) is 38.4 Å². The maximum absolute atomic E-state index is 14.5. The number of ether oxygens (including phenoxy) is 8. The van der Waals surface area contributed by atoms with Crippen LogP contribution in [0.5, 0.6) is 23.0 Å². The number of imide groups is 1. The SMILES string of the molecule is COc1ccc(COc2cc(Cl)c(C(=O)C(=O)N(CCS[C@]3(C(=O)OC(=O)OC(C)(C)C)CN4C(=O)[C@@H](CC(=O)/C(=N\OC(C)(C)C(=O)OC(C)(C)C)c5csc(N)n5)[C@H]4S3)C(=O)OC(C)(C)C)cc2OCc2ccc(OC)cc2)cc1. The minimum absolute atomic E-state index is 0.0103. The van der Waals surface area contributed by atoms with E-state index < -0.39 is 98.3 Å². The van der Waals surface area contributed by atoms with Crippen molar-refractivity contribution in [3.05, 3.63) is 93.5 Å². The van der Waals surface area contributed by atoms with E-state index in [0.29, 0.717) is 22.0 Å². The van der Waals surface area contributed by atoms with Gasteiger partial charge in [0.15, 0.2) is 32.2 Å². The molecule has 2 aliphatic rings. The number of oxime groups is 1. The number of nitrogen functional groups attached to an aromatic ring is 1. The van der Waals surface area contributed by atoms with Crippen molar-refractivity contribution in [3.8, 4) is 23.0 Å². The molecule has 82 heavy (non-hydrogen) atoms. The number of amides is 3. The number of thioether (sulfide) groups is 2. The highest BCUT2D eigenvalue weighted by atomic mass is 35.5. The first kappa shape index (κ1) is 64.1. The minimum Gasteiger partial charge on any atom is -0.497 e. The lowest BCUT2D eigenvalue weighted by molar-refractivity contribution is -0.179. The van der Waals surface area contributed by atoms with Crippen molar-refractivity contribution in [1.82, 2.24) is 14.8 Å². The number of fused-ring (bicyclic) bond motifs is 1. The molecule has 0 radical (unpaired) electrons. The predicted molar refractivity (Wildman–Crippen MR) is 306 cm³/mol. The maximum atomic E-state index is 14.5. The van der Waals surface area contributed by atoms with Crippen LogP contribution in [0.2, 0.25) is 5.02 Å². The Hall–Kier alpha value is -7.09. The van der Waals surface area contributed by atoms with Gasteiger partial charge >= 0.3 is 30.1 Å². The number of hydrogen-bond donors (Lipinski definition) is 1. The van der Waals surface area contributed by atoms with Crippen molar-refractivity contribution < 1.29 is 81.1 Å². The number of methoxy groups -OCH3 is 2. The molecule has 2 saturated heterocycles. The number of β-lactam (4-membered cyclic amide) rings is 1. The number of Topliss-reactive ketones (excluding diaryl/α,β-unsaturated/α-hetero) is 2. The summed E-state index contributed by atoms with van der Waals surface area (Å²) in [4.78, 5) is 123. The molecule has 0 spiro atoms. The summed E-state index contributed by atoms with van der Waals surface area (Å²) in [5, 5.41) is 4.48. The van der Waals surface area contributed by atoms with Crippen molar-refractivity contribution in [3.63, 3.8) is 0 Å². The smallest absolute Gasteiger partial charge is 0.497 e. The van der Waals surface area contributed by atoms with Crippen LogP contribution in [0.25, 0.3) is 0 Å². The number of nitrogens with zero attached hydrogens (tertiary/aromatic N) is 4. The van der Waals surface area contributed by atoms with E-state index in [1.807, 2.05) is 0 Å². The molecule has 22 nitrogen and oxygen atoms in total. The van der Waals surface area contributed by atoms with Crippen LogP contribution >= 0.6 is 46.5 Å². The van der Waals surface area contributed by atoms with Gasteiger partial charge in [0.2, 0.25) is 11.5 Å². The van der Waals surface area contributed by atoms with Gasteiger partial charge < -0.3 is 53.4 Å². The number of rotatable bonds is 22. The summed E-state index contributed by atoms with van der Waals surface area (Å²) in [6.45, 7) is 16.2. The summed E-state index contributed by atoms with van der Waals surface area (Å²) >= 11 is 9.47. The number of thiazole rings is 1. The molecule has 6 rings (SSSR count). The lowest BCUT2D eigenvalue weighted by Gasteiger charge is -2.41. The zero-order chi connectivity index (χ0) is 60.7. The Morgan fingerprint density at radius 3 is 1.87 bits per heavy atom. The van der Waals surface area contributed by atoms with Gasteiger partial charge in [0.1, 0.15) is 47.2 Å². The minimum atomic E-state index is -1.86. The molecule has 2 fully saturated rings. The van der Waals surface area contributed by atoms with Crippen molar-refractivity contribution >= 4 is 105 Å². The average Bonchev–Trinajstić information content (AvgIpc) is 3.16. The highest BCUT2D eigenvalue weighted by Gasteiger charge is 2.63. The molecule has 442 valence electrons. The molecule has 0 saturated carbocycles. The van der Waals surface area contributed by atoms with Gasteiger partial charge in [-0.2, -0.15) is 0 Å². The fourth-order valence-corrected chi connectivity index (χ4v) is 11.6. The monoisotopic (exact) mass is 1210 g/mol. The van der Waals surface area contributed by atoms with Crippen LogP contribution in [0.3, 0.4) is 0 Å². The Labute approximate surface area is 492 Å².